The number of carbonyl (C=O) groups excluding carboxylic acids is 2. The van der Waals surface area contributed by atoms with Crippen LogP contribution in [0.3, 0.4) is 0 Å². The molecule has 1 heterocycles. The van der Waals surface area contributed by atoms with Crippen molar-refractivity contribution in [3.8, 4) is 5.75 Å². The van der Waals surface area contributed by atoms with Crippen molar-refractivity contribution in [1.82, 2.24) is 10.2 Å². The first-order valence-corrected chi connectivity index (χ1v) is 10.3. The van der Waals surface area contributed by atoms with E-state index >= 15 is 0 Å². The molecule has 0 bridgehead atoms. The molecule has 5 nitrogen and oxygen atoms in total. The molecular weight excluding hydrogens is 340 g/mol. The fourth-order valence-electron chi connectivity index (χ4n) is 4.39. The molecule has 1 aliphatic carbocycles. The maximum atomic E-state index is 13.1. The van der Waals surface area contributed by atoms with Crippen LogP contribution in [-0.4, -0.2) is 42.5 Å². The van der Waals surface area contributed by atoms with Gasteiger partial charge >= 0.3 is 0 Å². The zero-order valence-electron chi connectivity index (χ0n) is 16.5. The molecular formula is C22H32N2O3. The Kier molecular flexibility index (Phi) is 6.75. The van der Waals surface area contributed by atoms with Gasteiger partial charge in [-0.25, -0.2) is 0 Å². The highest BCUT2D eigenvalue weighted by atomic mass is 16.5. The molecule has 27 heavy (non-hydrogen) atoms. The summed E-state index contributed by atoms with van der Waals surface area (Å²) in [5.41, 5.74) is 0. The molecule has 2 amide bonds. The standard InChI is InChI=1S/C22H32N2O3/c1-16(2)21(23-20(25)15-27-19-10-4-3-5-11-19)22(26)24-13-12-17-8-6-7-9-18(17)14-24/h3-5,10-11,16-18,21H,6-9,12-15H2,1-2H3,(H,23,25)/t17-,18+,21-/m0/s1. The van der Waals surface area contributed by atoms with Crippen molar-refractivity contribution in [1.29, 1.82) is 0 Å². The number of likely N-dealkylation sites (tertiary alicyclic amines) is 1. The first-order chi connectivity index (χ1) is 13.0. The summed E-state index contributed by atoms with van der Waals surface area (Å²) in [6.45, 7) is 5.55. The van der Waals surface area contributed by atoms with Crippen LogP contribution in [0.2, 0.25) is 0 Å². The second-order valence-electron chi connectivity index (χ2n) is 8.27. The van der Waals surface area contributed by atoms with Crippen molar-refractivity contribution in [2.75, 3.05) is 19.7 Å². The van der Waals surface area contributed by atoms with Crippen molar-refractivity contribution in [2.45, 2.75) is 52.0 Å². The summed E-state index contributed by atoms with van der Waals surface area (Å²) in [5.74, 6) is 1.93. The van der Waals surface area contributed by atoms with Gasteiger partial charge in [-0.3, -0.25) is 9.59 Å². The maximum Gasteiger partial charge on any atom is 0.258 e. The summed E-state index contributed by atoms with van der Waals surface area (Å²) < 4.78 is 5.51. The summed E-state index contributed by atoms with van der Waals surface area (Å²) in [7, 11) is 0. The molecule has 3 atom stereocenters. The second kappa shape index (κ2) is 9.25. The highest BCUT2D eigenvalue weighted by molar-refractivity contribution is 5.88. The van der Waals surface area contributed by atoms with Crippen LogP contribution >= 0.6 is 0 Å². The number of hydrogen-bond donors (Lipinski definition) is 1. The Morgan fingerprint density at radius 1 is 1.11 bits per heavy atom. The van der Waals surface area contributed by atoms with E-state index in [4.69, 9.17) is 4.74 Å². The van der Waals surface area contributed by atoms with Crippen molar-refractivity contribution in [3.63, 3.8) is 0 Å². The lowest BCUT2D eigenvalue weighted by Gasteiger charge is -2.42. The van der Waals surface area contributed by atoms with Gasteiger partial charge in [-0.05, 0) is 42.7 Å². The van der Waals surface area contributed by atoms with Crippen LogP contribution < -0.4 is 10.1 Å². The Bertz CT molecular complexity index is 632. The Balaban J connectivity index is 1.54. The van der Waals surface area contributed by atoms with Crippen molar-refractivity contribution >= 4 is 11.8 Å². The second-order valence-corrected chi connectivity index (χ2v) is 8.27. The van der Waals surface area contributed by atoms with Gasteiger partial charge in [-0.1, -0.05) is 51.3 Å². The van der Waals surface area contributed by atoms with E-state index in [2.05, 4.69) is 5.32 Å². The summed E-state index contributed by atoms with van der Waals surface area (Å²) >= 11 is 0. The fraction of sp³-hybridized carbons (Fsp3) is 0.636. The molecule has 1 N–H and O–H groups in total. The molecule has 0 spiro atoms. The lowest BCUT2D eigenvalue weighted by Crippen LogP contribution is -2.55. The van der Waals surface area contributed by atoms with E-state index in [9.17, 15) is 9.59 Å². The number of piperidine rings is 1. The van der Waals surface area contributed by atoms with Gasteiger partial charge in [-0.2, -0.15) is 0 Å². The van der Waals surface area contributed by atoms with Gasteiger partial charge in [0.2, 0.25) is 5.91 Å². The van der Waals surface area contributed by atoms with Gasteiger partial charge in [0.05, 0.1) is 0 Å². The smallest absolute Gasteiger partial charge is 0.258 e. The molecule has 1 aromatic carbocycles. The zero-order chi connectivity index (χ0) is 19.2. The largest absolute Gasteiger partial charge is 0.484 e. The SMILES string of the molecule is CC(C)[C@H](NC(=O)COc1ccccc1)C(=O)N1CC[C@@H]2CCCC[C@@H]2C1. The molecule has 1 saturated carbocycles. The normalized spacial score (nSPS) is 23.4. The lowest BCUT2D eigenvalue weighted by molar-refractivity contribution is -0.140. The minimum absolute atomic E-state index is 0.0438. The van der Waals surface area contributed by atoms with Crippen LogP contribution in [0.1, 0.15) is 46.0 Å². The zero-order valence-corrected chi connectivity index (χ0v) is 16.5. The molecule has 3 rings (SSSR count). The van der Waals surface area contributed by atoms with Gasteiger partial charge < -0.3 is 15.0 Å². The van der Waals surface area contributed by atoms with Crippen LogP contribution in [0.15, 0.2) is 30.3 Å². The molecule has 0 unspecified atom stereocenters. The third-order valence-corrected chi connectivity index (χ3v) is 5.97. The summed E-state index contributed by atoms with van der Waals surface area (Å²) in [4.78, 5) is 27.4. The molecule has 2 fully saturated rings. The van der Waals surface area contributed by atoms with Crippen LogP contribution in [0.4, 0.5) is 0 Å². The minimum Gasteiger partial charge on any atom is -0.484 e. The summed E-state index contributed by atoms with van der Waals surface area (Å²) in [6, 6.07) is 8.76. The number of amides is 2. The third-order valence-electron chi connectivity index (χ3n) is 5.97. The first-order valence-electron chi connectivity index (χ1n) is 10.3. The number of nitrogens with one attached hydrogen (secondary N) is 1. The van der Waals surface area contributed by atoms with E-state index in [1.165, 1.54) is 25.7 Å². The van der Waals surface area contributed by atoms with Crippen molar-refractivity contribution < 1.29 is 14.3 Å². The van der Waals surface area contributed by atoms with Crippen LogP contribution in [0.25, 0.3) is 0 Å². The summed E-state index contributed by atoms with van der Waals surface area (Å²) in [5, 5.41) is 2.90. The average Bonchev–Trinajstić information content (AvgIpc) is 2.70. The predicted molar refractivity (Wildman–Crippen MR) is 105 cm³/mol. The maximum absolute atomic E-state index is 13.1. The van der Waals surface area contributed by atoms with E-state index in [0.29, 0.717) is 11.7 Å². The fourth-order valence-corrected chi connectivity index (χ4v) is 4.39. The van der Waals surface area contributed by atoms with Gasteiger partial charge in [0, 0.05) is 13.1 Å². The van der Waals surface area contributed by atoms with Crippen molar-refractivity contribution in [2.24, 2.45) is 17.8 Å². The Morgan fingerprint density at radius 3 is 2.52 bits per heavy atom. The number of benzene rings is 1. The predicted octanol–water partition coefficient (Wildman–Crippen LogP) is 3.24. The van der Waals surface area contributed by atoms with E-state index in [0.717, 1.165) is 25.4 Å². The third kappa shape index (κ3) is 5.24. The number of para-hydroxylation sites is 1. The van der Waals surface area contributed by atoms with Gasteiger partial charge in [0.25, 0.3) is 5.91 Å². The highest BCUT2D eigenvalue weighted by Gasteiger charge is 2.36. The first kappa shape index (κ1) is 19.7. The van der Waals surface area contributed by atoms with Crippen molar-refractivity contribution in [3.05, 3.63) is 30.3 Å². The van der Waals surface area contributed by atoms with Crippen LogP contribution in [0.5, 0.6) is 5.75 Å². The molecule has 1 aliphatic heterocycles. The van der Waals surface area contributed by atoms with Crippen LogP contribution in [-0.2, 0) is 9.59 Å². The van der Waals surface area contributed by atoms with Crippen LogP contribution in [0, 0.1) is 17.8 Å². The van der Waals surface area contributed by atoms with E-state index < -0.39 is 6.04 Å². The van der Waals surface area contributed by atoms with E-state index in [-0.39, 0.29) is 24.3 Å². The number of hydrogen-bond acceptors (Lipinski definition) is 3. The number of ether oxygens (including phenoxy) is 1. The molecule has 148 valence electrons. The highest BCUT2D eigenvalue weighted by Crippen LogP contribution is 2.36. The van der Waals surface area contributed by atoms with Gasteiger partial charge in [0.1, 0.15) is 11.8 Å². The van der Waals surface area contributed by atoms with E-state index in [1.54, 1.807) is 0 Å². The quantitative estimate of drug-likeness (QED) is 0.834. The topological polar surface area (TPSA) is 58.6 Å². The van der Waals surface area contributed by atoms with E-state index in [1.807, 2.05) is 49.1 Å². The van der Waals surface area contributed by atoms with Gasteiger partial charge in [-0.15, -0.1) is 0 Å². The Hall–Kier alpha value is -2.04. The summed E-state index contributed by atoms with van der Waals surface area (Å²) in [6.07, 6.45) is 6.27. The minimum atomic E-state index is -0.489. The Morgan fingerprint density at radius 2 is 1.81 bits per heavy atom. The lowest BCUT2D eigenvalue weighted by atomic mass is 9.75. The number of rotatable bonds is 6. The van der Waals surface area contributed by atoms with Gasteiger partial charge in [0.15, 0.2) is 6.61 Å². The average molecular weight is 373 g/mol. The Labute approximate surface area is 162 Å². The molecule has 2 aliphatic rings. The number of fused-ring (bicyclic) bond motifs is 1. The molecule has 0 radical (unpaired) electrons. The number of carbonyl (C=O) groups is 2. The molecule has 1 aromatic rings. The molecule has 1 saturated heterocycles. The molecule has 5 heteroatoms. The molecule has 0 aromatic heterocycles. The monoisotopic (exact) mass is 372 g/mol. The number of nitrogens with zero attached hydrogens (tertiary/aromatic N) is 1.